The summed E-state index contributed by atoms with van der Waals surface area (Å²) in [7, 11) is 0. The first kappa shape index (κ1) is 20.8. The summed E-state index contributed by atoms with van der Waals surface area (Å²) in [4.78, 5) is 0. The quantitative estimate of drug-likeness (QED) is 0.744. The number of ether oxygens (including phenoxy) is 2. The molecule has 152 valence electrons. The first-order chi connectivity index (χ1) is 13.5. The SMILES string of the molecule is CCOc1ccc(Cc2cc(C3CC(O)CC(CO)O3)ccc2C(C)C)cc1. The molecule has 1 fully saturated rings. The largest absolute Gasteiger partial charge is 0.494 e. The van der Waals surface area contributed by atoms with Crippen LogP contribution >= 0.6 is 0 Å². The highest BCUT2D eigenvalue weighted by atomic mass is 16.5. The van der Waals surface area contributed by atoms with Crippen LogP contribution in [-0.4, -0.2) is 35.6 Å². The van der Waals surface area contributed by atoms with Crippen molar-refractivity contribution < 1.29 is 19.7 Å². The van der Waals surface area contributed by atoms with E-state index >= 15 is 0 Å². The highest BCUT2D eigenvalue weighted by Gasteiger charge is 2.29. The van der Waals surface area contributed by atoms with Crippen molar-refractivity contribution in [1.29, 1.82) is 0 Å². The molecule has 1 saturated heterocycles. The Morgan fingerprint density at radius 3 is 2.50 bits per heavy atom. The fourth-order valence-electron chi connectivity index (χ4n) is 3.95. The molecular formula is C24H32O4. The molecule has 4 heteroatoms. The Balaban J connectivity index is 1.85. The van der Waals surface area contributed by atoms with E-state index in [0.29, 0.717) is 25.4 Å². The average Bonchev–Trinajstić information content (AvgIpc) is 2.69. The summed E-state index contributed by atoms with van der Waals surface area (Å²) in [6.45, 7) is 7.01. The van der Waals surface area contributed by atoms with Crippen LogP contribution in [0.3, 0.4) is 0 Å². The van der Waals surface area contributed by atoms with E-state index in [4.69, 9.17) is 9.47 Å². The third kappa shape index (κ3) is 5.13. The molecule has 0 aromatic heterocycles. The second-order valence-corrected chi connectivity index (χ2v) is 7.92. The summed E-state index contributed by atoms with van der Waals surface area (Å²) >= 11 is 0. The summed E-state index contributed by atoms with van der Waals surface area (Å²) in [5, 5.41) is 19.6. The molecule has 3 unspecified atom stereocenters. The fraction of sp³-hybridized carbons (Fsp3) is 0.500. The zero-order valence-electron chi connectivity index (χ0n) is 17.1. The van der Waals surface area contributed by atoms with Gasteiger partial charge in [-0.1, -0.05) is 44.2 Å². The molecule has 3 rings (SSSR count). The summed E-state index contributed by atoms with van der Waals surface area (Å²) < 4.78 is 11.6. The van der Waals surface area contributed by atoms with E-state index in [1.165, 1.54) is 16.7 Å². The predicted molar refractivity (Wildman–Crippen MR) is 111 cm³/mol. The minimum absolute atomic E-state index is 0.0589. The van der Waals surface area contributed by atoms with Gasteiger partial charge in [-0.25, -0.2) is 0 Å². The molecule has 0 radical (unpaired) electrons. The molecule has 3 atom stereocenters. The van der Waals surface area contributed by atoms with Crippen molar-refractivity contribution in [3.63, 3.8) is 0 Å². The van der Waals surface area contributed by atoms with Gasteiger partial charge in [0.2, 0.25) is 0 Å². The van der Waals surface area contributed by atoms with E-state index in [9.17, 15) is 10.2 Å². The first-order valence-corrected chi connectivity index (χ1v) is 10.3. The van der Waals surface area contributed by atoms with Gasteiger partial charge in [-0.15, -0.1) is 0 Å². The molecule has 2 aromatic carbocycles. The van der Waals surface area contributed by atoms with Crippen LogP contribution in [0.25, 0.3) is 0 Å². The normalized spacial score (nSPS) is 22.4. The van der Waals surface area contributed by atoms with E-state index < -0.39 is 6.10 Å². The Kier molecular flexibility index (Phi) is 7.11. The van der Waals surface area contributed by atoms with Gasteiger partial charge in [0.1, 0.15) is 5.75 Å². The Labute approximate surface area is 168 Å². The van der Waals surface area contributed by atoms with Crippen molar-refractivity contribution in [3.8, 4) is 5.75 Å². The van der Waals surface area contributed by atoms with E-state index in [1.807, 2.05) is 19.1 Å². The molecule has 1 aliphatic heterocycles. The van der Waals surface area contributed by atoms with Crippen LogP contribution in [0.5, 0.6) is 5.75 Å². The van der Waals surface area contributed by atoms with Crippen molar-refractivity contribution in [2.24, 2.45) is 0 Å². The molecule has 0 amide bonds. The van der Waals surface area contributed by atoms with Crippen LogP contribution in [0.15, 0.2) is 42.5 Å². The first-order valence-electron chi connectivity index (χ1n) is 10.3. The lowest BCUT2D eigenvalue weighted by atomic mass is 9.88. The number of aliphatic hydroxyl groups excluding tert-OH is 2. The van der Waals surface area contributed by atoms with E-state index in [0.717, 1.165) is 17.7 Å². The van der Waals surface area contributed by atoms with Gasteiger partial charge in [0.15, 0.2) is 0 Å². The Bertz CT molecular complexity index is 754. The molecular weight excluding hydrogens is 352 g/mol. The molecule has 2 aromatic rings. The number of rotatable bonds is 7. The number of hydrogen-bond donors (Lipinski definition) is 2. The summed E-state index contributed by atoms with van der Waals surface area (Å²) in [6.07, 6.45) is 0.993. The smallest absolute Gasteiger partial charge is 0.119 e. The van der Waals surface area contributed by atoms with Gasteiger partial charge >= 0.3 is 0 Å². The maximum absolute atomic E-state index is 10.2. The zero-order valence-corrected chi connectivity index (χ0v) is 17.1. The molecule has 1 heterocycles. The molecule has 0 spiro atoms. The number of hydrogen-bond acceptors (Lipinski definition) is 4. The van der Waals surface area contributed by atoms with Crippen molar-refractivity contribution in [1.82, 2.24) is 0 Å². The van der Waals surface area contributed by atoms with E-state index in [-0.39, 0.29) is 18.8 Å². The van der Waals surface area contributed by atoms with Crippen LogP contribution in [0, 0.1) is 0 Å². The third-order valence-electron chi connectivity index (χ3n) is 5.37. The maximum atomic E-state index is 10.2. The highest BCUT2D eigenvalue weighted by Crippen LogP contribution is 2.34. The Morgan fingerprint density at radius 2 is 1.86 bits per heavy atom. The lowest BCUT2D eigenvalue weighted by Crippen LogP contribution is -2.33. The fourth-order valence-corrected chi connectivity index (χ4v) is 3.95. The highest BCUT2D eigenvalue weighted by molar-refractivity contribution is 5.40. The van der Waals surface area contributed by atoms with Crippen molar-refractivity contribution >= 4 is 0 Å². The molecule has 2 N–H and O–H groups in total. The molecule has 28 heavy (non-hydrogen) atoms. The van der Waals surface area contributed by atoms with Gasteiger partial charge in [-0.3, -0.25) is 0 Å². The molecule has 0 saturated carbocycles. The minimum Gasteiger partial charge on any atom is -0.494 e. The summed E-state index contributed by atoms with van der Waals surface area (Å²) in [6, 6.07) is 14.8. The van der Waals surface area contributed by atoms with Crippen LogP contribution < -0.4 is 4.74 Å². The van der Waals surface area contributed by atoms with Gasteiger partial charge in [0.25, 0.3) is 0 Å². The van der Waals surface area contributed by atoms with E-state index in [1.54, 1.807) is 0 Å². The van der Waals surface area contributed by atoms with Gasteiger partial charge < -0.3 is 19.7 Å². The van der Waals surface area contributed by atoms with E-state index in [2.05, 4.69) is 44.2 Å². The van der Waals surface area contributed by atoms with Crippen LogP contribution in [0.4, 0.5) is 0 Å². The van der Waals surface area contributed by atoms with Crippen molar-refractivity contribution in [3.05, 3.63) is 64.7 Å². The van der Waals surface area contributed by atoms with Gasteiger partial charge in [0, 0.05) is 12.8 Å². The number of benzene rings is 2. The van der Waals surface area contributed by atoms with Crippen LogP contribution in [0.1, 0.15) is 67.9 Å². The van der Waals surface area contributed by atoms with Crippen LogP contribution in [-0.2, 0) is 11.2 Å². The van der Waals surface area contributed by atoms with Crippen LogP contribution in [0.2, 0.25) is 0 Å². The molecule has 4 nitrogen and oxygen atoms in total. The molecule has 0 aliphatic carbocycles. The van der Waals surface area contributed by atoms with Gasteiger partial charge in [-0.05, 0) is 53.6 Å². The Morgan fingerprint density at radius 1 is 1.11 bits per heavy atom. The number of aliphatic hydroxyl groups is 2. The van der Waals surface area contributed by atoms with Gasteiger partial charge in [0.05, 0.1) is 31.5 Å². The second kappa shape index (κ2) is 9.55. The lowest BCUT2D eigenvalue weighted by Gasteiger charge is -2.33. The molecule has 1 aliphatic rings. The second-order valence-electron chi connectivity index (χ2n) is 7.92. The monoisotopic (exact) mass is 384 g/mol. The molecule has 0 bridgehead atoms. The van der Waals surface area contributed by atoms with Crippen molar-refractivity contribution in [2.75, 3.05) is 13.2 Å². The third-order valence-corrected chi connectivity index (χ3v) is 5.37. The van der Waals surface area contributed by atoms with Crippen molar-refractivity contribution in [2.45, 2.75) is 64.3 Å². The Hall–Kier alpha value is -1.88. The average molecular weight is 385 g/mol. The lowest BCUT2D eigenvalue weighted by molar-refractivity contribution is -0.113. The summed E-state index contributed by atoms with van der Waals surface area (Å²) in [5.41, 5.74) is 4.91. The van der Waals surface area contributed by atoms with Gasteiger partial charge in [-0.2, -0.15) is 0 Å². The maximum Gasteiger partial charge on any atom is 0.119 e. The standard InChI is InChI=1S/C24H32O4/c1-4-27-21-8-5-17(6-9-21)11-19-12-18(7-10-23(19)16(2)3)24-14-20(26)13-22(15-25)28-24/h5-10,12,16,20,22,24-26H,4,11,13-15H2,1-3H3. The topological polar surface area (TPSA) is 58.9 Å². The zero-order chi connectivity index (χ0) is 20.1. The predicted octanol–water partition coefficient (Wildman–Crippen LogP) is 4.37. The minimum atomic E-state index is -0.435. The summed E-state index contributed by atoms with van der Waals surface area (Å²) in [5.74, 6) is 1.32.